The molecule has 3 rings (SSSR count). The summed E-state index contributed by atoms with van der Waals surface area (Å²) in [6, 6.07) is 7.68. The van der Waals surface area contributed by atoms with E-state index in [-0.39, 0.29) is 32.5 Å². The molecule has 0 spiro atoms. The van der Waals surface area contributed by atoms with Crippen molar-refractivity contribution >= 4 is 35.0 Å². The maximum Gasteiger partial charge on any atom is 0.339 e. The van der Waals surface area contributed by atoms with E-state index in [0.717, 1.165) is 6.42 Å². The van der Waals surface area contributed by atoms with Crippen molar-refractivity contribution in [2.45, 2.75) is 39.2 Å². The van der Waals surface area contributed by atoms with Crippen LogP contribution in [0.1, 0.15) is 59.9 Å². The van der Waals surface area contributed by atoms with E-state index >= 15 is 0 Å². The lowest BCUT2D eigenvalue weighted by Gasteiger charge is -2.25. The van der Waals surface area contributed by atoms with Crippen LogP contribution in [0.4, 0.5) is 0 Å². The number of carbonyl (C=O) groups is 2. The van der Waals surface area contributed by atoms with Crippen LogP contribution in [0.3, 0.4) is 0 Å². The second-order valence-corrected chi connectivity index (χ2v) is 7.60. The van der Waals surface area contributed by atoms with Crippen LogP contribution < -0.4 is 9.78 Å². The molecule has 5 nitrogen and oxygen atoms in total. The van der Waals surface area contributed by atoms with Gasteiger partial charge in [-0.15, -0.1) is 0 Å². The van der Waals surface area contributed by atoms with Crippen molar-refractivity contribution in [2.75, 3.05) is 0 Å². The molecule has 0 N–H and O–H groups in total. The Bertz CT molecular complexity index is 921. The average molecular weight is 409 g/mol. The highest BCUT2D eigenvalue weighted by Gasteiger charge is 2.32. The van der Waals surface area contributed by atoms with Gasteiger partial charge in [-0.25, -0.2) is 4.79 Å². The van der Waals surface area contributed by atoms with E-state index in [4.69, 9.17) is 37.7 Å². The molecule has 0 aliphatic carbocycles. The number of ketones is 1. The first-order valence-electron chi connectivity index (χ1n) is 8.48. The van der Waals surface area contributed by atoms with Crippen LogP contribution in [-0.2, 0) is 4.74 Å². The fourth-order valence-electron chi connectivity index (χ4n) is 2.97. The number of hydrogen-bond acceptors (Lipinski definition) is 5. The van der Waals surface area contributed by atoms with Crippen molar-refractivity contribution in [1.29, 1.82) is 0 Å². The summed E-state index contributed by atoms with van der Waals surface area (Å²) in [6.45, 7) is 5.65. The molecule has 1 heterocycles. The monoisotopic (exact) mass is 408 g/mol. The summed E-state index contributed by atoms with van der Waals surface area (Å²) in [5, 5.41) is 0.329. The number of benzene rings is 2. The Balaban J connectivity index is 2.01. The molecule has 1 aliphatic rings. The van der Waals surface area contributed by atoms with Crippen molar-refractivity contribution in [2.24, 2.45) is 0 Å². The minimum absolute atomic E-state index is 0.0343. The molecule has 7 heteroatoms. The molecular weight excluding hydrogens is 391 g/mol. The van der Waals surface area contributed by atoms with Crippen molar-refractivity contribution in [3.8, 4) is 11.5 Å². The zero-order chi connectivity index (χ0) is 19.8. The number of hydrogen-bond donors (Lipinski definition) is 0. The summed E-state index contributed by atoms with van der Waals surface area (Å²) in [5.41, 5.74) is -0.393. The summed E-state index contributed by atoms with van der Waals surface area (Å²) < 4.78 is 5.60. The quantitative estimate of drug-likeness (QED) is 0.351. The van der Waals surface area contributed by atoms with Gasteiger partial charge in [-0.1, -0.05) is 42.6 Å². The lowest BCUT2D eigenvalue weighted by molar-refractivity contribution is -0.0849. The van der Waals surface area contributed by atoms with Crippen LogP contribution in [0, 0.1) is 0 Å². The zero-order valence-corrected chi connectivity index (χ0v) is 16.6. The van der Waals surface area contributed by atoms with Crippen LogP contribution in [0.25, 0.3) is 0 Å². The summed E-state index contributed by atoms with van der Waals surface area (Å²) in [7, 11) is 0. The van der Waals surface area contributed by atoms with Crippen molar-refractivity contribution in [3.63, 3.8) is 0 Å². The van der Waals surface area contributed by atoms with Crippen LogP contribution in [0.5, 0.6) is 11.5 Å². The predicted molar refractivity (Wildman–Crippen MR) is 102 cm³/mol. The van der Waals surface area contributed by atoms with Gasteiger partial charge in [0.15, 0.2) is 5.78 Å². The van der Waals surface area contributed by atoms with Gasteiger partial charge in [-0.3, -0.25) is 14.6 Å². The second kappa shape index (κ2) is 7.41. The van der Waals surface area contributed by atoms with Crippen LogP contribution in [-0.4, -0.2) is 17.4 Å². The van der Waals surface area contributed by atoms with Crippen molar-refractivity contribution in [1.82, 2.24) is 0 Å². The third kappa shape index (κ3) is 3.75. The van der Waals surface area contributed by atoms with Gasteiger partial charge < -0.3 is 4.74 Å². The minimum atomic E-state index is -0.662. The fraction of sp³-hybridized carbons (Fsp3) is 0.300. The number of rotatable bonds is 6. The highest BCUT2D eigenvalue weighted by atomic mass is 35.5. The highest BCUT2D eigenvalue weighted by Crippen LogP contribution is 2.43. The Labute approximate surface area is 167 Å². The molecule has 27 heavy (non-hydrogen) atoms. The van der Waals surface area contributed by atoms with Gasteiger partial charge in [-0.2, -0.15) is 0 Å². The van der Waals surface area contributed by atoms with Gasteiger partial charge in [0.2, 0.25) is 11.5 Å². The highest BCUT2D eigenvalue weighted by molar-refractivity contribution is 6.37. The van der Waals surface area contributed by atoms with Gasteiger partial charge in [0, 0.05) is 0 Å². The van der Waals surface area contributed by atoms with Crippen molar-refractivity contribution < 1.29 is 24.1 Å². The second-order valence-electron chi connectivity index (χ2n) is 6.81. The van der Waals surface area contributed by atoms with E-state index in [9.17, 15) is 9.59 Å². The third-order valence-electron chi connectivity index (χ3n) is 4.20. The summed E-state index contributed by atoms with van der Waals surface area (Å²) in [6.07, 6.45) is 1.54. The molecule has 0 fully saturated rings. The molecule has 2 aromatic rings. The van der Waals surface area contributed by atoms with E-state index in [0.29, 0.717) is 12.2 Å². The molecule has 0 amide bonds. The summed E-state index contributed by atoms with van der Waals surface area (Å²) in [4.78, 5) is 35.9. The maximum atomic E-state index is 13.2. The molecule has 2 bridgehead atoms. The Hall–Kier alpha value is -2.24. The predicted octanol–water partition coefficient (Wildman–Crippen LogP) is 5.65. The first-order chi connectivity index (χ1) is 12.7. The lowest BCUT2D eigenvalue weighted by atomic mass is 9.97. The minimum Gasteiger partial charge on any atom is -0.456 e. The Morgan fingerprint density at radius 3 is 2.52 bits per heavy atom. The average Bonchev–Trinajstić information content (AvgIpc) is 2.82. The molecule has 0 radical (unpaired) electrons. The van der Waals surface area contributed by atoms with Gasteiger partial charge in [0.05, 0.1) is 21.7 Å². The van der Waals surface area contributed by atoms with Gasteiger partial charge >= 0.3 is 5.97 Å². The number of fused-ring (bicyclic) bond motifs is 2. The van der Waals surface area contributed by atoms with Gasteiger partial charge in [0.25, 0.3) is 0 Å². The largest absolute Gasteiger partial charge is 0.456 e. The number of halogens is 2. The molecule has 2 aromatic carbocycles. The molecule has 0 atom stereocenters. The number of esters is 1. The van der Waals surface area contributed by atoms with Gasteiger partial charge in [-0.05, 0) is 44.5 Å². The first kappa shape index (κ1) is 19.5. The Kier molecular flexibility index (Phi) is 5.36. The van der Waals surface area contributed by atoms with Crippen LogP contribution in [0.15, 0.2) is 30.3 Å². The Morgan fingerprint density at radius 2 is 1.81 bits per heavy atom. The maximum absolute atomic E-state index is 13.2. The molecule has 0 aromatic heterocycles. The molecular formula is C20H18Cl2O5. The van der Waals surface area contributed by atoms with E-state index in [1.54, 1.807) is 6.07 Å². The molecule has 0 saturated heterocycles. The fourth-order valence-corrected chi connectivity index (χ4v) is 3.46. The van der Waals surface area contributed by atoms with E-state index < -0.39 is 17.4 Å². The molecule has 142 valence electrons. The zero-order valence-electron chi connectivity index (χ0n) is 15.1. The normalized spacial score (nSPS) is 12.3. The first-order valence-corrected chi connectivity index (χ1v) is 9.24. The third-order valence-corrected chi connectivity index (χ3v) is 4.88. The lowest BCUT2D eigenvalue weighted by Crippen LogP contribution is -2.28. The van der Waals surface area contributed by atoms with Gasteiger partial charge in [0.1, 0.15) is 10.6 Å². The Morgan fingerprint density at radius 1 is 1.07 bits per heavy atom. The van der Waals surface area contributed by atoms with Crippen molar-refractivity contribution in [3.05, 3.63) is 57.1 Å². The molecule has 1 aliphatic heterocycles. The number of ether oxygens (including phenoxy) is 1. The smallest absolute Gasteiger partial charge is 0.339 e. The molecule has 0 saturated carbocycles. The topological polar surface area (TPSA) is 61.8 Å². The SMILES string of the molecule is CCCC(C)(C)OC(=O)c1cccc(Cl)c1C(=O)c1ccc2c(Cl)c1OO2. The number of carbonyl (C=O) groups excluding carboxylic acids is 2. The molecule has 0 unspecified atom stereocenters. The summed E-state index contributed by atoms with van der Waals surface area (Å²) in [5.74, 6) is -0.696. The van der Waals surface area contributed by atoms with E-state index in [1.807, 2.05) is 20.8 Å². The van der Waals surface area contributed by atoms with Crippen LogP contribution in [0.2, 0.25) is 10.0 Å². The van der Waals surface area contributed by atoms with E-state index in [1.165, 1.54) is 24.3 Å². The standard InChI is InChI=1S/C20H18Cl2O5/c1-4-10-20(2,3)25-19(24)11-6-5-7-13(21)15(11)17(23)12-8-9-14-16(22)18(12)27-26-14/h5-9H,4,10H2,1-3H3. The summed E-state index contributed by atoms with van der Waals surface area (Å²) >= 11 is 12.4. The van der Waals surface area contributed by atoms with Crippen LogP contribution >= 0.6 is 23.2 Å². The van der Waals surface area contributed by atoms with E-state index in [2.05, 4.69) is 0 Å².